The molecule has 0 aromatic carbocycles. The summed E-state index contributed by atoms with van der Waals surface area (Å²) in [7, 11) is 1.23. The number of unbranched alkanes of at least 4 members (excludes halogenated alkanes) is 4. The Balaban J connectivity index is 1.73. The van der Waals surface area contributed by atoms with Crippen molar-refractivity contribution >= 4 is 17.9 Å². The fraction of sp³-hybridized carbons (Fsp3) is 0.738. The maximum absolute atomic E-state index is 13.4. The number of methoxy groups -OCH3 is 1. The second kappa shape index (κ2) is 19.8. The van der Waals surface area contributed by atoms with Crippen molar-refractivity contribution in [3.63, 3.8) is 0 Å². The van der Waals surface area contributed by atoms with Crippen LogP contribution in [0.1, 0.15) is 124 Å². The van der Waals surface area contributed by atoms with Crippen molar-refractivity contribution in [2.24, 2.45) is 5.41 Å². The number of carbonyl (C=O) groups excluding carboxylic acids is 3. The van der Waals surface area contributed by atoms with Crippen molar-refractivity contribution in [1.82, 2.24) is 0 Å². The van der Waals surface area contributed by atoms with E-state index >= 15 is 0 Å². The smallest absolute Gasteiger partial charge is 0.330 e. The Morgan fingerprint density at radius 3 is 2.26 bits per heavy atom. The Morgan fingerprint density at radius 1 is 0.944 bits per heavy atom. The average molecular weight is 761 g/mol. The molecule has 4 aliphatic rings. The molecule has 12 nitrogen and oxygen atoms in total. The third-order valence-electron chi connectivity index (χ3n) is 11.0. The molecule has 0 saturated carbocycles. The SMILES string of the molecule is C=C1C[C@@H]2C[C@@H]3CC(=C)C[C@H](C=CC(C)(C)[C@]4(O)O[C@@H](CC(=CC(=O)OC)[C@@H]4OC(=O)CCCCCCC)C[C@H]([C@@H](C)O)OC(=O)C[C@H](O)C[C@H](C1)O2)O3. The minimum absolute atomic E-state index is 0.00758. The van der Waals surface area contributed by atoms with Crippen molar-refractivity contribution in [2.75, 3.05) is 7.11 Å². The molecule has 6 bridgehead atoms. The van der Waals surface area contributed by atoms with Crippen LogP contribution in [0.2, 0.25) is 0 Å². The van der Waals surface area contributed by atoms with Gasteiger partial charge in [0.25, 0.3) is 0 Å². The number of aliphatic hydroxyl groups is 3. The van der Waals surface area contributed by atoms with Crippen molar-refractivity contribution in [3.8, 4) is 0 Å². The van der Waals surface area contributed by atoms with E-state index in [-0.39, 0.29) is 62.1 Å². The average Bonchev–Trinajstić information content (AvgIpc) is 3.07. The van der Waals surface area contributed by atoms with Crippen LogP contribution in [-0.4, -0.2) is 101 Å². The molecule has 4 rings (SSSR count). The molecule has 3 N–H and O–H groups in total. The number of hydrogen-bond donors (Lipinski definition) is 3. The molecule has 304 valence electrons. The van der Waals surface area contributed by atoms with E-state index in [1.807, 2.05) is 6.08 Å². The van der Waals surface area contributed by atoms with E-state index in [0.717, 1.165) is 36.8 Å². The van der Waals surface area contributed by atoms with Gasteiger partial charge in [-0.3, -0.25) is 9.59 Å². The van der Waals surface area contributed by atoms with Gasteiger partial charge in [-0.2, -0.15) is 0 Å². The highest BCUT2D eigenvalue weighted by Gasteiger charge is 2.57. The number of cyclic esters (lactones) is 1. The first-order chi connectivity index (χ1) is 25.5. The number of carbonyl (C=O) groups is 3. The second-order valence-corrected chi connectivity index (χ2v) is 16.3. The Labute approximate surface area is 320 Å². The third kappa shape index (κ3) is 12.3. The fourth-order valence-corrected chi connectivity index (χ4v) is 7.98. The first-order valence-electron chi connectivity index (χ1n) is 19.8. The number of fused-ring (bicyclic) bond motifs is 6. The molecule has 0 spiro atoms. The maximum atomic E-state index is 13.4. The van der Waals surface area contributed by atoms with Crippen LogP contribution in [0.3, 0.4) is 0 Å². The molecule has 0 aliphatic carbocycles. The van der Waals surface area contributed by atoms with E-state index < -0.39 is 59.6 Å². The van der Waals surface area contributed by atoms with Gasteiger partial charge in [0.1, 0.15) is 6.10 Å². The molecule has 0 aromatic rings. The lowest BCUT2D eigenvalue weighted by atomic mass is 9.74. The largest absolute Gasteiger partial charge is 0.466 e. The number of esters is 3. The number of ether oxygens (including phenoxy) is 6. The summed E-state index contributed by atoms with van der Waals surface area (Å²) in [4.78, 5) is 39.3. The molecule has 3 saturated heterocycles. The van der Waals surface area contributed by atoms with E-state index in [9.17, 15) is 29.7 Å². The molecule has 0 unspecified atom stereocenters. The predicted octanol–water partition coefficient (Wildman–Crippen LogP) is 5.85. The van der Waals surface area contributed by atoms with Crippen LogP contribution in [0.15, 0.2) is 48.1 Å². The first-order valence-corrected chi connectivity index (χ1v) is 19.8. The monoisotopic (exact) mass is 760 g/mol. The minimum Gasteiger partial charge on any atom is -0.466 e. The second-order valence-electron chi connectivity index (χ2n) is 16.3. The number of aliphatic hydroxyl groups excluding tert-OH is 2. The van der Waals surface area contributed by atoms with Gasteiger partial charge in [0.05, 0.1) is 56.3 Å². The summed E-state index contributed by atoms with van der Waals surface area (Å²) < 4.78 is 36.2. The van der Waals surface area contributed by atoms with Crippen LogP contribution in [0.4, 0.5) is 0 Å². The Hall–Kier alpha value is -2.87. The summed E-state index contributed by atoms with van der Waals surface area (Å²) in [5.41, 5.74) is 0.989. The highest BCUT2D eigenvalue weighted by molar-refractivity contribution is 5.83. The van der Waals surface area contributed by atoms with Crippen molar-refractivity contribution in [1.29, 1.82) is 0 Å². The van der Waals surface area contributed by atoms with Crippen LogP contribution in [-0.2, 0) is 42.8 Å². The van der Waals surface area contributed by atoms with Gasteiger partial charge in [-0.05, 0) is 51.0 Å². The molecule has 4 heterocycles. The van der Waals surface area contributed by atoms with Gasteiger partial charge < -0.3 is 43.7 Å². The normalized spacial score (nSPS) is 35.1. The van der Waals surface area contributed by atoms with Gasteiger partial charge in [-0.1, -0.05) is 82.9 Å². The zero-order chi connectivity index (χ0) is 39.6. The molecule has 3 fully saturated rings. The van der Waals surface area contributed by atoms with Crippen molar-refractivity contribution < 1.29 is 58.1 Å². The molecule has 12 heteroatoms. The molecular weight excluding hydrogens is 696 g/mol. The first kappa shape index (κ1) is 43.9. The summed E-state index contributed by atoms with van der Waals surface area (Å²) in [6.07, 6.45) is 5.51. The molecule has 54 heavy (non-hydrogen) atoms. The molecular formula is C42H64O12. The zero-order valence-corrected chi connectivity index (χ0v) is 33.0. The lowest BCUT2D eigenvalue weighted by Crippen LogP contribution is -2.62. The molecule has 10 atom stereocenters. The number of rotatable bonds is 9. The Bertz CT molecular complexity index is 1380. The van der Waals surface area contributed by atoms with Gasteiger partial charge in [-0.15, -0.1) is 0 Å². The van der Waals surface area contributed by atoms with Crippen LogP contribution in [0.25, 0.3) is 0 Å². The molecule has 4 aliphatic heterocycles. The molecule has 0 amide bonds. The summed E-state index contributed by atoms with van der Waals surface area (Å²) in [6, 6.07) is 0. The molecule has 0 aromatic heterocycles. The summed E-state index contributed by atoms with van der Waals surface area (Å²) >= 11 is 0. The summed E-state index contributed by atoms with van der Waals surface area (Å²) in [5, 5.41) is 34.5. The van der Waals surface area contributed by atoms with E-state index in [0.29, 0.717) is 38.5 Å². The van der Waals surface area contributed by atoms with Gasteiger partial charge in [0.15, 0.2) is 6.10 Å². The fourth-order valence-electron chi connectivity index (χ4n) is 7.98. The lowest BCUT2D eigenvalue weighted by Gasteiger charge is -2.51. The van der Waals surface area contributed by atoms with E-state index in [2.05, 4.69) is 20.1 Å². The minimum atomic E-state index is -2.25. The van der Waals surface area contributed by atoms with Gasteiger partial charge in [0.2, 0.25) is 5.79 Å². The quantitative estimate of drug-likeness (QED) is 0.0845. The van der Waals surface area contributed by atoms with Gasteiger partial charge in [0, 0.05) is 37.2 Å². The highest BCUT2D eigenvalue weighted by Crippen LogP contribution is 2.47. The Kier molecular flexibility index (Phi) is 16.1. The van der Waals surface area contributed by atoms with Gasteiger partial charge in [-0.25, -0.2) is 4.79 Å². The van der Waals surface area contributed by atoms with Crippen LogP contribution in [0, 0.1) is 5.41 Å². The van der Waals surface area contributed by atoms with Gasteiger partial charge >= 0.3 is 17.9 Å². The van der Waals surface area contributed by atoms with Crippen molar-refractivity contribution in [3.05, 3.63) is 48.1 Å². The van der Waals surface area contributed by atoms with Crippen LogP contribution < -0.4 is 0 Å². The van der Waals surface area contributed by atoms with Crippen LogP contribution in [0.5, 0.6) is 0 Å². The highest BCUT2D eigenvalue weighted by atomic mass is 16.7. The summed E-state index contributed by atoms with van der Waals surface area (Å²) in [5.74, 6) is -4.23. The van der Waals surface area contributed by atoms with Crippen molar-refractivity contribution in [2.45, 2.75) is 185 Å². The zero-order valence-electron chi connectivity index (χ0n) is 33.0. The van der Waals surface area contributed by atoms with Crippen LogP contribution >= 0.6 is 0 Å². The van der Waals surface area contributed by atoms with E-state index in [1.54, 1.807) is 19.9 Å². The molecule has 0 radical (unpaired) electrons. The van der Waals surface area contributed by atoms with E-state index in [1.165, 1.54) is 20.1 Å². The lowest BCUT2D eigenvalue weighted by molar-refractivity contribution is -0.327. The Morgan fingerprint density at radius 2 is 1.59 bits per heavy atom. The topological polar surface area (TPSA) is 167 Å². The summed E-state index contributed by atoms with van der Waals surface area (Å²) in [6.45, 7) is 15.6. The maximum Gasteiger partial charge on any atom is 0.330 e. The predicted molar refractivity (Wildman–Crippen MR) is 201 cm³/mol. The third-order valence-corrected chi connectivity index (χ3v) is 11.0. The standard InChI is InChI=1S/C42H64O12/c1-8-9-10-11-12-13-37(45)53-40-29(21-38(46)49-7)20-35-25-36(28(4)43)52-39(47)23-30(44)22-32-17-27(3)19-34(51-32)24-33-18-26(2)16-31(50-33)14-15-41(5,6)42(40,48)54-35/h14-15,21,28,30-36,40,43-44,48H,2-3,8-13,16-20,22-25H2,1,4-7H3/t28-,30-,31+,32+,33+,34-,35+,36-,40+,42-/m1/s1. The van der Waals surface area contributed by atoms with E-state index in [4.69, 9.17) is 28.4 Å². The number of hydrogen-bond acceptors (Lipinski definition) is 12.